The van der Waals surface area contributed by atoms with Crippen LogP contribution in [-0.2, 0) is 9.59 Å². The van der Waals surface area contributed by atoms with Gasteiger partial charge in [-0.2, -0.15) is 5.10 Å². The highest BCUT2D eigenvalue weighted by atomic mass is 19.1. The minimum Gasteiger partial charge on any atom is -0.493 e. The van der Waals surface area contributed by atoms with Gasteiger partial charge in [0.15, 0.2) is 11.5 Å². The molecule has 3 aromatic rings. The van der Waals surface area contributed by atoms with Gasteiger partial charge in [-0.05, 0) is 66.6 Å². The monoisotopic (exact) mass is 449 g/mol. The lowest BCUT2D eigenvalue weighted by Crippen LogP contribution is -2.32. The standard InChI is InChI=1S/C24H20FN3O5/c1-15-5-3-4-6-19(15)24(31)33-20-12-7-16(13-21(20)32-2)14-26-28-23(30)22(29)27-18-10-8-17(25)9-11-18/h3-14H,1-2H3,(H,27,29)(H,28,30)/b26-14+. The Labute approximate surface area is 189 Å². The summed E-state index contributed by atoms with van der Waals surface area (Å²) in [5, 5.41) is 6.05. The molecule has 0 aromatic heterocycles. The van der Waals surface area contributed by atoms with Crippen molar-refractivity contribution in [3.05, 3.63) is 89.2 Å². The Hall–Kier alpha value is -4.53. The third-order valence-corrected chi connectivity index (χ3v) is 4.44. The molecule has 0 saturated heterocycles. The van der Waals surface area contributed by atoms with Crippen LogP contribution in [0.2, 0.25) is 0 Å². The molecule has 3 rings (SSSR count). The van der Waals surface area contributed by atoms with E-state index in [1.165, 1.54) is 31.5 Å². The summed E-state index contributed by atoms with van der Waals surface area (Å²) in [6, 6.07) is 16.7. The average Bonchev–Trinajstić information content (AvgIpc) is 2.81. The second-order valence-corrected chi connectivity index (χ2v) is 6.77. The summed E-state index contributed by atoms with van der Waals surface area (Å²) >= 11 is 0. The van der Waals surface area contributed by atoms with Gasteiger partial charge in [0.05, 0.1) is 18.9 Å². The highest BCUT2D eigenvalue weighted by Crippen LogP contribution is 2.28. The number of ether oxygens (including phenoxy) is 2. The number of aryl methyl sites for hydroxylation is 1. The summed E-state index contributed by atoms with van der Waals surface area (Å²) in [6.45, 7) is 1.81. The molecule has 33 heavy (non-hydrogen) atoms. The molecule has 0 bridgehead atoms. The number of benzene rings is 3. The zero-order valence-corrected chi connectivity index (χ0v) is 17.8. The van der Waals surface area contributed by atoms with Crippen LogP contribution in [-0.4, -0.2) is 31.1 Å². The van der Waals surface area contributed by atoms with Crippen molar-refractivity contribution >= 4 is 29.7 Å². The van der Waals surface area contributed by atoms with E-state index in [-0.39, 0.29) is 17.2 Å². The second-order valence-electron chi connectivity index (χ2n) is 6.77. The number of halogens is 1. The number of hydrogen-bond acceptors (Lipinski definition) is 6. The lowest BCUT2D eigenvalue weighted by atomic mass is 10.1. The molecule has 9 heteroatoms. The van der Waals surface area contributed by atoms with Gasteiger partial charge in [0.25, 0.3) is 0 Å². The van der Waals surface area contributed by atoms with Crippen LogP contribution in [0.1, 0.15) is 21.5 Å². The van der Waals surface area contributed by atoms with Crippen molar-refractivity contribution in [3.8, 4) is 11.5 Å². The third-order valence-electron chi connectivity index (χ3n) is 4.44. The van der Waals surface area contributed by atoms with Crippen LogP contribution in [0, 0.1) is 12.7 Å². The number of carbonyl (C=O) groups excluding carboxylic acids is 3. The van der Waals surface area contributed by atoms with Crippen molar-refractivity contribution < 1.29 is 28.2 Å². The van der Waals surface area contributed by atoms with Crippen LogP contribution in [0.4, 0.5) is 10.1 Å². The van der Waals surface area contributed by atoms with Crippen LogP contribution in [0.25, 0.3) is 0 Å². The van der Waals surface area contributed by atoms with Gasteiger partial charge in [-0.3, -0.25) is 9.59 Å². The quantitative estimate of drug-likeness (QED) is 0.197. The molecule has 2 amide bonds. The first kappa shape index (κ1) is 23.1. The van der Waals surface area contributed by atoms with Gasteiger partial charge >= 0.3 is 17.8 Å². The predicted octanol–water partition coefficient (Wildman–Crippen LogP) is 3.45. The van der Waals surface area contributed by atoms with Crippen molar-refractivity contribution in [2.75, 3.05) is 12.4 Å². The van der Waals surface area contributed by atoms with Gasteiger partial charge in [0.1, 0.15) is 5.82 Å². The van der Waals surface area contributed by atoms with Crippen molar-refractivity contribution in [2.24, 2.45) is 5.10 Å². The highest BCUT2D eigenvalue weighted by molar-refractivity contribution is 6.39. The Balaban J connectivity index is 1.61. The van der Waals surface area contributed by atoms with Crippen LogP contribution < -0.4 is 20.2 Å². The Morgan fingerprint density at radius 1 is 0.939 bits per heavy atom. The van der Waals surface area contributed by atoms with Crippen LogP contribution in [0.5, 0.6) is 11.5 Å². The smallest absolute Gasteiger partial charge is 0.343 e. The van der Waals surface area contributed by atoms with Gasteiger partial charge in [-0.1, -0.05) is 18.2 Å². The topological polar surface area (TPSA) is 106 Å². The molecule has 0 fully saturated rings. The molecule has 0 radical (unpaired) electrons. The highest BCUT2D eigenvalue weighted by Gasteiger charge is 2.15. The van der Waals surface area contributed by atoms with E-state index in [9.17, 15) is 18.8 Å². The summed E-state index contributed by atoms with van der Waals surface area (Å²) in [7, 11) is 1.42. The minimum atomic E-state index is -1.01. The Morgan fingerprint density at radius 3 is 2.36 bits per heavy atom. The zero-order valence-electron chi connectivity index (χ0n) is 17.8. The fourth-order valence-electron chi connectivity index (χ4n) is 2.74. The molecule has 0 atom stereocenters. The number of rotatable bonds is 6. The molecule has 0 unspecified atom stereocenters. The van der Waals surface area contributed by atoms with Crippen molar-refractivity contribution in [2.45, 2.75) is 6.92 Å². The van der Waals surface area contributed by atoms with Gasteiger partial charge in [0.2, 0.25) is 0 Å². The normalized spacial score (nSPS) is 10.5. The van der Waals surface area contributed by atoms with Crippen LogP contribution in [0.3, 0.4) is 0 Å². The van der Waals surface area contributed by atoms with E-state index in [0.29, 0.717) is 11.1 Å². The minimum absolute atomic E-state index is 0.214. The van der Waals surface area contributed by atoms with E-state index in [2.05, 4.69) is 15.8 Å². The van der Waals surface area contributed by atoms with E-state index in [1.54, 1.807) is 24.3 Å². The summed E-state index contributed by atoms with van der Waals surface area (Å²) in [5.41, 5.74) is 4.09. The average molecular weight is 449 g/mol. The van der Waals surface area contributed by atoms with Gasteiger partial charge in [-0.15, -0.1) is 0 Å². The molecule has 0 aliphatic rings. The summed E-state index contributed by atoms with van der Waals surface area (Å²) in [4.78, 5) is 36.2. The Bertz CT molecular complexity index is 1210. The number of carbonyl (C=O) groups is 3. The second kappa shape index (κ2) is 10.7. The molecule has 0 saturated carbocycles. The molecular weight excluding hydrogens is 429 g/mol. The number of hydrogen-bond donors (Lipinski definition) is 2. The first-order valence-corrected chi connectivity index (χ1v) is 9.73. The molecule has 0 aliphatic heterocycles. The first-order valence-electron chi connectivity index (χ1n) is 9.73. The molecular formula is C24H20FN3O5. The van der Waals surface area contributed by atoms with Gasteiger partial charge in [-0.25, -0.2) is 14.6 Å². The van der Waals surface area contributed by atoms with Crippen molar-refractivity contribution in [1.29, 1.82) is 0 Å². The Kier molecular flexibility index (Phi) is 7.48. The maximum Gasteiger partial charge on any atom is 0.343 e. The number of esters is 1. The Morgan fingerprint density at radius 2 is 1.67 bits per heavy atom. The van der Waals surface area contributed by atoms with Gasteiger partial charge in [0, 0.05) is 5.69 Å². The van der Waals surface area contributed by atoms with E-state index in [1.807, 2.05) is 19.1 Å². The number of methoxy groups -OCH3 is 1. The molecule has 168 valence electrons. The number of anilines is 1. The van der Waals surface area contributed by atoms with Crippen molar-refractivity contribution in [3.63, 3.8) is 0 Å². The molecule has 0 spiro atoms. The van der Waals surface area contributed by atoms with Crippen LogP contribution >= 0.6 is 0 Å². The third kappa shape index (κ3) is 6.23. The maximum absolute atomic E-state index is 12.9. The number of nitrogens with one attached hydrogen (secondary N) is 2. The van der Waals surface area contributed by atoms with E-state index >= 15 is 0 Å². The fourth-order valence-corrected chi connectivity index (χ4v) is 2.74. The fraction of sp³-hybridized carbons (Fsp3) is 0.0833. The van der Waals surface area contributed by atoms with E-state index in [0.717, 1.165) is 17.7 Å². The largest absolute Gasteiger partial charge is 0.493 e. The van der Waals surface area contributed by atoms with Crippen molar-refractivity contribution in [1.82, 2.24) is 5.43 Å². The molecule has 3 aromatic carbocycles. The first-order chi connectivity index (χ1) is 15.9. The van der Waals surface area contributed by atoms with E-state index < -0.39 is 23.6 Å². The summed E-state index contributed by atoms with van der Waals surface area (Å²) in [6.07, 6.45) is 1.29. The number of amides is 2. The zero-order chi connectivity index (χ0) is 23.8. The predicted molar refractivity (Wildman–Crippen MR) is 120 cm³/mol. The maximum atomic E-state index is 12.9. The lowest BCUT2D eigenvalue weighted by Gasteiger charge is -2.11. The van der Waals surface area contributed by atoms with Gasteiger partial charge < -0.3 is 14.8 Å². The molecule has 2 N–H and O–H groups in total. The lowest BCUT2D eigenvalue weighted by molar-refractivity contribution is -0.136. The molecule has 8 nitrogen and oxygen atoms in total. The summed E-state index contributed by atoms with van der Waals surface area (Å²) < 4.78 is 23.6. The SMILES string of the molecule is COc1cc(/C=N/NC(=O)C(=O)Nc2ccc(F)cc2)ccc1OC(=O)c1ccccc1C. The van der Waals surface area contributed by atoms with Crippen LogP contribution in [0.15, 0.2) is 71.8 Å². The number of nitrogens with zero attached hydrogens (tertiary/aromatic N) is 1. The number of hydrazone groups is 1. The molecule has 0 aliphatic carbocycles. The van der Waals surface area contributed by atoms with E-state index in [4.69, 9.17) is 9.47 Å². The summed E-state index contributed by atoms with van der Waals surface area (Å²) in [5.74, 6) is -2.46. The molecule has 0 heterocycles.